The summed E-state index contributed by atoms with van der Waals surface area (Å²) in [6, 6.07) is 5.84. The van der Waals surface area contributed by atoms with E-state index in [0.29, 0.717) is 6.61 Å². The van der Waals surface area contributed by atoms with Crippen molar-refractivity contribution in [3.63, 3.8) is 0 Å². The number of methoxy groups -OCH3 is 1. The second-order valence-corrected chi connectivity index (χ2v) is 6.13. The van der Waals surface area contributed by atoms with E-state index in [1.165, 1.54) is 0 Å². The molecule has 0 unspecified atom stereocenters. The average Bonchev–Trinajstić information content (AvgIpc) is 2.61. The zero-order valence-corrected chi connectivity index (χ0v) is 13.6. The Balaban J connectivity index is 2.50. The van der Waals surface area contributed by atoms with E-state index >= 15 is 0 Å². The minimum absolute atomic E-state index is 0.0628. The molecule has 0 atom stereocenters. The van der Waals surface area contributed by atoms with E-state index in [-0.39, 0.29) is 5.41 Å². The van der Waals surface area contributed by atoms with Crippen LogP contribution in [0.5, 0.6) is 11.5 Å². The van der Waals surface area contributed by atoms with E-state index in [2.05, 4.69) is 19.9 Å². The Hall–Kier alpha value is -2.29. The fraction of sp³-hybridized carbons (Fsp3) is 0.316. The van der Waals surface area contributed by atoms with Crippen molar-refractivity contribution in [2.24, 2.45) is 5.41 Å². The first-order chi connectivity index (χ1) is 10.4. The quantitative estimate of drug-likeness (QED) is 0.362. The number of fused-ring (bicyclic) bond motifs is 1. The van der Waals surface area contributed by atoms with E-state index in [1.54, 1.807) is 13.2 Å². The molecular weight excluding hydrogens is 276 g/mol. The van der Waals surface area contributed by atoms with Crippen molar-refractivity contribution in [1.29, 1.82) is 0 Å². The first kappa shape index (κ1) is 16.1. The minimum Gasteiger partial charge on any atom is -0.497 e. The molecule has 3 heteroatoms. The monoisotopic (exact) mass is 299 g/mol. The third kappa shape index (κ3) is 3.88. The van der Waals surface area contributed by atoms with Gasteiger partial charge in [-0.3, -0.25) is 4.79 Å². The first-order valence-corrected chi connectivity index (χ1v) is 7.32. The van der Waals surface area contributed by atoms with Gasteiger partial charge in [0.1, 0.15) is 11.5 Å². The Kier molecular flexibility index (Phi) is 4.86. The Bertz CT molecular complexity index is 649. The van der Waals surface area contributed by atoms with E-state index in [1.807, 2.05) is 37.3 Å². The lowest BCUT2D eigenvalue weighted by Gasteiger charge is -2.18. The highest BCUT2D eigenvalue weighted by molar-refractivity contribution is 5.80. The van der Waals surface area contributed by atoms with Gasteiger partial charge in [0.15, 0.2) is 0 Å². The summed E-state index contributed by atoms with van der Waals surface area (Å²) in [4.78, 5) is 8.84. The number of ether oxygens (including phenoxy) is 2. The van der Waals surface area contributed by atoms with Gasteiger partial charge in [-0.2, -0.15) is 0 Å². The van der Waals surface area contributed by atoms with Crippen LogP contribution in [-0.4, -0.2) is 24.8 Å². The number of benzene rings is 1. The topological polar surface area (TPSA) is 39.9 Å². The molecule has 0 bridgehead atoms. The van der Waals surface area contributed by atoms with Gasteiger partial charge >= 0.3 is 6.29 Å². The number of rotatable bonds is 4. The zero-order valence-electron chi connectivity index (χ0n) is 13.6. The van der Waals surface area contributed by atoms with Crippen LogP contribution in [0.3, 0.4) is 0 Å². The highest BCUT2D eigenvalue weighted by Crippen LogP contribution is 2.37. The Morgan fingerprint density at radius 2 is 2.14 bits per heavy atom. The van der Waals surface area contributed by atoms with Crippen molar-refractivity contribution in [1.82, 2.24) is 0 Å². The van der Waals surface area contributed by atoms with E-state index in [4.69, 9.17) is 14.3 Å². The Morgan fingerprint density at radius 1 is 1.36 bits per heavy atom. The molecule has 0 spiro atoms. The standard InChI is InChI=1S/C19H22O3/c1-14(9-10-20)5-6-15-12-19(2,3)13-22-18-8-7-16(21-4)11-17(15)18/h5-12H,13H2,1-4H3/p+1/b6-5+,14-9?. The lowest BCUT2D eigenvalue weighted by molar-refractivity contribution is 0.224. The van der Waals surface area contributed by atoms with Gasteiger partial charge in [-0.05, 0) is 36.3 Å². The van der Waals surface area contributed by atoms with Gasteiger partial charge in [-0.25, -0.2) is 0 Å². The second-order valence-electron chi connectivity index (χ2n) is 6.13. The molecule has 0 saturated carbocycles. The summed E-state index contributed by atoms with van der Waals surface area (Å²) in [5.74, 6) is 1.66. The second kappa shape index (κ2) is 6.65. The van der Waals surface area contributed by atoms with Crippen molar-refractivity contribution in [2.45, 2.75) is 20.8 Å². The number of carbonyl (C=O) groups excluding carboxylic acids is 1. The Morgan fingerprint density at radius 3 is 2.82 bits per heavy atom. The number of hydrogen-bond acceptors (Lipinski definition) is 2. The molecule has 1 aliphatic heterocycles. The van der Waals surface area contributed by atoms with Gasteiger partial charge in [0.25, 0.3) is 0 Å². The van der Waals surface area contributed by atoms with Gasteiger partial charge in [0, 0.05) is 17.1 Å². The summed E-state index contributed by atoms with van der Waals surface area (Å²) >= 11 is 0. The molecule has 0 aliphatic carbocycles. The maximum atomic E-state index is 8.84. The molecule has 22 heavy (non-hydrogen) atoms. The SMILES string of the molecule is COc1ccc2c(c1)C(/C=C/C(C)=CC=[OH+])=CC(C)(C)CO2. The third-order valence-corrected chi connectivity index (χ3v) is 3.51. The number of aldehydes is 1. The zero-order chi connectivity index (χ0) is 16.2. The smallest absolute Gasteiger partial charge is 0.305 e. The third-order valence-electron chi connectivity index (χ3n) is 3.51. The normalized spacial score (nSPS) is 17.3. The lowest BCUT2D eigenvalue weighted by atomic mass is 9.90. The van der Waals surface area contributed by atoms with Crippen LogP contribution >= 0.6 is 0 Å². The van der Waals surface area contributed by atoms with Crippen molar-refractivity contribution in [3.8, 4) is 11.5 Å². The van der Waals surface area contributed by atoms with Crippen LogP contribution in [0.25, 0.3) is 5.57 Å². The van der Waals surface area contributed by atoms with Gasteiger partial charge < -0.3 is 9.47 Å². The van der Waals surface area contributed by atoms with Crippen molar-refractivity contribution < 1.29 is 14.3 Å². The summed E-state index contributed by atoms with van der Waals surface area (Å²) in [7, 11) is 1.66. The summed E-state index contributed by atoms with van der Waals surface area (Å²) < 4.78 is 11.3. The maximum absolute atomic E-state index is 8.84. The molecule has 3 nitrogen and oxygen atoms in total. The molecule has 1 aromatic carbocycles. The van der Waals surface area contributed by atoms with Crippen LogP contribution in [0.1, 0.15) is 26.3 Å². The van der Waals surface area contributed by atoms with E-state index < -0.39 is 0 Å². The fourth-order valence-corrected chi connectivity index (χ4v) is 2.32. The van der Waals surface area contributed by atoms with Crippen LogP contribution < -0.4 is 9.47 Å². The predicted molar refractivity (Wildman–Crippen MR) is 91.1 cm³/mol. The number of hydrogen-bond donors (Lipinski definition) is 0. The lowest BCUT2D eigenvalue weighted by Crippen LogP contribution is -2.17. The molecule has 0 aromatic heterocycles. The van der Waals surface area contributed by atoms with E-state index in [9.17, 15) is 0 Å². The highest BCUT2D eigenvalue weighted by Gasteiger charge is 2.23. The molecule has 0 fully saturated rings. The fourth-order valence-electron chi connectivity index (χ4n) is 2.32. The van der Waals surface area contributed by atoms with Gasteiger partial charge in [0.05, 0.1) is 13.7 Å². The predicted octanol–water partition coefficient (Wildman–Crippen LogP) is 4.17. The van der Waals surface area contributed by atoms with Crippen LogP contribution in [0, 0.1) is 5.41 Å². The minimum atomic E-state index is -0.0628. The van der Waals surface area contributed by atoms with Crippen LogP contribution in [-0.2, 0) is 0 Å². The maximum Gasteiger partial charge on any atom is 0.305 e. The highest BCUT2D eigenvalue weighted by atomic mass is 16.5. The summed E-state index contributed by atoms with van der Waals surface area (Å²) in [5.41, 5.74) is 3.01. The summed E-state index contributed by atoms with van der Waals surface area (Å²) in [6.07, 6.45) is 8.94. The molecule has 0 saturated heterocycles. The molecular formula is C19H23O3+. The molecule has 2 rings (SSSR count). The van der Waals surface area contributed by atoms with Gasteiger partial charge in [-0.15, -0.1) is 0 Å². The molecule has 1 aliphatic rings. The summed E-state index contributed by atoms with van der Waals surface area (Å²) in [5, 5.41) is 0. The van der Waals surface area contributed by atoms with E-state index in [0.717, 1.165) is 34.5 Å². The molecule has 1 N–H and O–H groups in total. The molecule has 116 valence electrons. The van der Waals surface area contributed by atoms with Gasteiger partial charge in [-0.1, -0.05) is 32.1 Å². The average molecular weight is 299 g/mol. The van der Waals surface area contributed by atoms with Crippen LogP contribution in [0.2, 0.25) is 0 Å². The van der Waals surface area contributed by atoms with Crippen molar-refractivity contribution >= 4 is 11.9 Å². The molecule has 0 radical (unpaired) electrons. The largest absolute Gasteiger partial charge is 0.497 e. The van der Waals surface area contributed by atoms with Crippen LogP contribution in [0.4, 0.5) is 0 Å². The molecule has 1 aromatic rings. The van der Waals surface area contributed by atoms with Crippen LogP contribution in [0.15, 0.2) is 48.1 Å². The Labute approximate surface area is 131 Å². The van der Waals surface area contributed by atoms with Gasteiger partial charge in [0.2, 0.25) is 0 Å². The molecule has 1 heterocycles. The van der Waals surface area contributed by atoms with Crippen molar-refractivity contribution in [2.75, 3.05) is 13.7 Å². The molecule has 0 amide bonds. The summed E-state index contributed by atoms with van der Waals surface area (Å²) in [6.45, 7) is 6.86. The first-order valence-electron chi connectivity index (χ1n) is 7.32. The number of allylic oxidation sites excluding steroid dienone is 5. The van der Waals surface area contributed by atoms with Crippen molar-refractivity contribution in [3.05, 3.63) is 53.6 Å².